The first-order valence-corrected chi connectivity index (χ1v) is 9.77. The molecule has 6 heteroatoms. The van der Waals surface area contributed by atoms with E-state index in [1.165, 1.54) is 7.11 Å². The number of nitrogens with one attached hydrogen (secondary N) is 2. The highest BCUT2D eigenvalue weighted by atomic mass is 35.5. The van der Waals surface area contributed by atoms with E-state index in [4.69, 9.17) is 28.6 Å². The summed E-state index contributed by atoms with van der Waals surface area (Å²) in [5.74, 6) is -0.375. The second kappa shape index (κ2) is 8.28. The summed E-state index contributed by atoms with van der Waals surface area (Å²) in [6.45, 7) is 1.96. The number of carbonyl (C=O) groups excluding carboxylic acids is 1. The minimum atomic E-state index is -0.375. The molecule has 1 aliphatic carbocycles. The zero-order valence-corrected chi connectivity index (χ0v) is 17.0. The van der Waals surface area contributed by atoms with E-state index in [2.05, 4.69) is 16.7 Å². The number of rotatable bonds is 4. The summed E-state index contributed by atoms with van der Waals surface area (Å²) in [5.41, 5.74) is 3.06. The van der Waals surface area contributed by atoms with Crippen molar-refractivity contribution >= 4 is 40.6 Å². The van der Waals surface area contributed by atoms with Crippen LogP contribution in [0.2, 0.25) is 5.02 Å². The molecule has 1 aliphatic rings. The maximum Gasteiger partial charge on any atom is 0.337 e. The number of methoxy groups -OCH3 is 1. The molecule has 4 nitrogen and oxygen atoms in total. The molecule has 0 radical (unpaired) electrons. The number of ether oxygens (including phenoxy) is 1. The standard InChI is InChI=1S/C21H23ClN2O2S/c1-14-9-10-15(19(25)26-2)13-18(14)23-20(27)24-21(11-5-6-12-21)16-7-3-4-8-17(16)22/h3-4,7-10,13H,5-6,11-12H2,1-2H3,(H2,23,24,27). The molecule has 1 fully saturated rings. The second-order valence-corrected chi connectivity index (χ2v) is 7.68. The Kier molecular flexibility index (Phi) is 6.02. The lowest BCUT2D eigenvalue weighted by molar-refractivity contribution is 0.0601. The van der Waals surface area contributed by atoms with Crippen LogP contribution in [0.25, 0.3) is 0 Å². The van der Waals surface area contributed by atoms with Gasteiger partial charge in [-0.15, -0.1) is 0 Å². The quantitative estimate of drug-likeness (QED) is 0.544. The smallest absolute Gasteiger partial charge is 0.337 e. The lowest BCUT2D eigenvalue weighted by atomic mass is 9.88. The van der Waals surface area contributed by atoms with Crippen molar-refractivity contribution in [2.75, 3.05) is 12.4 Å². The topological polar surface area (TPSA) is 50.4 Å². The summed E-state index contributed by atoms with van der Waals surface area (Å²) < 4.78 is 4.80. The lowest BCUT2D eigenvalue weighted by Crippen LogP contribution is -2.46. The lowest BCUT2D eigenvalue weighted by Gasteiger charge is -2.33. The molecule has 0 saturated heterocycles. The van der Waals surface area contributed by atoms with E-state index >= 15 is 0 Å². The fourth-order valence-electron chi connectivity index (χ4n) is 3.66. The zero-order valence-electron chi connectivity index (χ0n) is 15.5. The van der Waals surface area contributed by atoms with E-state index in [9.17, 15) is 4.79 Å². The molecule has 0 bridgehead atoms. The van der Waals surface area contributed by atoms with Gasteiger partial charge in [0.25, 0.3) is 0 Å². The molecule has 0 unspecified atom stereocenters. The molecular weight excluding hydrogens is 380 g/mol. The van der Waals surface area contributed by atoms with Crippen molar-refractivity contribution in [1.82, 2.24) is 5.32 Å². The Morgan fingerprint density at radius 2 is 1.89 bits per heavy atom. The van der Waals surface area contributed by atoms with E-state index in [1.54, 1.807) is 12.1 Å². The summed E-state index contributed by atoms with van der Waals surface area (Å²) in [4.78, 5) is 11.8. The van der Waals surface area contributed by atoms with E-state index < -0.39 is 0 Å². The SMILES string of the molecule is COC(=O)c1ccc(C)c(NC(=S)NC2(c3ccccc3Cl)CCCC2)c1. The van der Waals surface area contributed by atoms with Crippen LogP contribution < -0.4 is 10.6 Å². The van der Waals surface area contributed by atoms with E-state index in [1.807, 2.05) is 31.2 Å². The van der Waals surface area contributed by atoms with E-state index in [0.29, 0.717) is 10.7 Å². The Balaban J connectivity index is 1.82. The minimum absolute atomic E-state index is 0.268. The van der Waals surface area contributed by atoms with Gasteiger partial charge < -0.3 is 15.4 Å². The minimum Gasteiger partial charge on any atom is -0.465 e. The zero-order chi connectivity index (χ0) is 19.4. The first-order valence-electron chi connectivity index (χ1n) is 8.98. The Bertz CT molecular complexity index is 863. The molecule has 0 heterocycles. The van der Waals surface area contributed by atoms with Gasteiger partial charge in [0.15, 0.2) is 5.11 Å². The first-order chi connectivity index (χ1) is 12.9. The van der Waals surface area contributed by atoms with Crippen LogP contribution in [0.5, 0.6) is 0 Å². The highest BCUT2D eigenvalue weighted by Gasteiger charge is 2.37. The summed E-state index contributed by atoms with van der Waals surface area (Å²) in [5, 5.41) is 8.01. The summed E-state index contributed by atoms with van der Waals surface area (Å²) in [6, 6.07) is 13.3. The van der Waals surface area contributed by atoms with Crippen molar-refractivity contribution in [2.45, 2.75) is 38.1 Å². The van der Waals surface area contributed by atoms with Crippen LogP contribution in [-0.4, -0.2) is 18.2 Å². The third-order valence-corrected chi connectivity index (χ3v) is 5.64. The Labute approximate surface area is 170 Å². The number of benzene rings is 2. The van der Waals surface area contributed by atoms with Gasteiger partial charge in [0, 0.05) is 10.7 Å². The molecule has 27 heavy (non-hydrogen) atoms. The Hall–Kier alpha value is -2.11. The van der Waals surface area contributed by atoms with Gasteiger partial charge in [0.2, 0.25) is 0 Å². The second-order valence-electron chi connectivity index (χ2n) is 6.87. The van der Waals surface area contributed by atoms with Crippen LogP contribution in [0.1, 0.15) is 47.2 Å². The van der Waals surface area contributed by atoms with Crippen LogP contribution >= 0.6 is 23.8 Å². The molecule has 2 N–H and O–H groups in total. The number of carbonyl (C=O) groups is 1. The van der Waals surface area contributed by atoms with Crippen molar-refractivity contribution in [3.05, 3.63) is 64.2 Å². The van der Waals surface area contributed by atoms with Crippen LogP contribution in [0.4, 0.5) is 5.69 Å². The normalized spacial score (nSPS) is 15.2. The predicted molar refractivity (Wildman–Crippen MR) is 113 cm³/mol. The van der Waals surface area contributed by atoms with Gasteiger partial charge >= 0.3 is 5.97 Å². The van der Waals surface area contributed by atoms with Gasteiger partial charge in [0.05, 0.1) is 18.2 Å². The Morgan fingerprint density at radius 1 is 1.19 bits per heavy atom. The number of hydrogen-bond acceptors (Lipinski definition) is 3. The van der Waals surface area contributed by atoms with Gasteiger partial charge in [-0.05, 0) is 61.3 Å². The molecule has 0 spiro atoms. The Morgan fingerprint density at radius 3 is 2.56 bits per heavy atom. The predicted octanol–water partition coefficient (Wildman–Crippen LogP) is 5.19. The van der Waals surface area contributed by atoms with Crippen molar-refractivity contribution in [1.29, 1.82) is 0 Å². The molecule has 142 valence electrons. The molecule has 0 aromatic heterocycles. The van der Waals surface area contributed by atoms with E-state index in [-0.39, 0.29) is 11.5 Å². The highest BCUT2D eigenvalue weighted by molar-refractivity contribution is 7.80. The fourth-order valence-corrected chi connectivity index (χ4v) is 4.28. The van der Waals surface area contributed by atoms with Gasteiger partial charge in [-0.1, -0.05) is 48.7 Å². The van der Waals surface area contributed by atoms with Crippen molar-refractivity contribution in [3.63, 3.8) is 0 Å². The van der Waals surface area contributed by atoms with Gasteiger partial charge in [-0.2, -0.15) is 0 Å². The number of thiocarbonyl (C=S) groups is 1. The number of hydrogen-bond donors (Lipinski definition) is 2. The van der Waals surface area contributed by atoms with Crippen LogP contribution in [0.15, 0.2) is 42.5 Å². The number of halogens is 1. The molecule has 3 rings (SSSR count). The number of anilines is 1. The molecule has 2 aromatic rings. The maximum absolute atomic E-state index is 11.8. The average Bonchev–Trinajstić information content (AvgIpc) is 3.12. The van der Waals surface area contributed by atoms with Crippen LogP contribution in [0.3, 0.4) is 0 Å². The fraction of sp³-hybridized carbons (Fsp3) is 0.333. The molecule has 1 saturated carbocycles. The highest BCUT2D eigenvalue weighted by Crippen LogP contribution is 2.41. The first kappa shape index (κ1) is 19.6. The van der Waals surface area contributed by atoms with Gasteiger partial charge in [0.1, 0.15) is 0 Å². The monoisotopic (exact) mass is 402 g/mol. The average molecular weight is 403 g/mol. The van der Waals surface area contributed by atoms with E-state index in [0.717, 1.165) is 47.5 Å². The largest absolute Gasteiger partial charge is 0.465 e. The molecule has 0 aliphatic heterocycles. The van der Waals surface area contributed by atoms with Gasteiger partial charge in [-0.25, -0.2) is 4.79 Å². The van der Waals surface area contributed by atoms with Crippen LogP contribution in [-0.2, 0) is 10.3 Å². The molecule has 0 amide bonds. The molecule has 0 atom stereocenters. The van der Waals surface area contributed by atoms with Crippen molar-refractivity contribution in [3.8, 4) is 0 Å². The summed E-state index contributed by atoms with van der Waals surface area (Å²) in [7, 11) is 1.37. The maximum atomic E-state index is 11.8. The molecular formula is C21H23ClN2O2S. The van der Waals surface area contributed by atoms with Crippen LogP contribution in [0, 0.1) is 6.92 Å². The third kappa shape index (κ3) is 4.25. The van der Waals surface area contributed by atoms with Gasteiger partial charge in [-0.3, -0.25) is 0 Å². The number of esters is 1. The third-order valence-electron chi connectivity index (χ3n) is 5.11. The molecule has 2 aromatic carbocycles. The van der Waals surface area contributed by atoms with Crippen molar-refractivity contribution < 1.29 is 9.53 Å². The van der Waals surface area contributed by atoms with Crippen molar-refractivity contribution in [2.24, 2.45) is 0 Å². The summed E-state index contributed by atoms with van der Waals surface area (Å²) >= 11 is 12.1. The number of aryl methyl sites for hydroxylation is 1. The summed E-state index contributed by atoms with van der Waals surface area (Å²) in [6.07, 6.45) is 4.19.